The second kappa shape index (κ2) is 8.98. The number of hydrogen-bond donors (Lipinski definition) is 2. The van der Waals surface area contributed by atoms with E-state index in [4.69, 9.17) is 21.1 Å². The number of aliphatic carboxylic acids is 1. The zero-order valence-corrected chi connectivity index (χ0v) is 13.9. The van der Waals surface area contributed by atoms with Crippen molar-refractivity contribution in [2.24, 2.45) is 5.92 Å². The molecule has 0 bridgehead atoms. The molecule has 1 aromatic rings. The van der Waals surface area contributed by atoms with Gasteiger partial charge in [-0.1, -0.05) is 29.8 Å². The molecule has 0 aliphatic rings. The van der Waals surface area contributed by atoms with Crippen molar-refractivity contribution in [2.75, 3.05) is 20.8 Å². The van der Waals surface area contributed by atoms with Crippen LogP contribution in [0.15, 0.2) is 29.8 Å². The maximum absolute atomic E-state index is 14.1. The average Bonchev–Trinajstić information content (AvgIpc) is 2.52. The molecular formula is C16H20ClFO5. The van der Waals surface area contributed by atoms with Crippen molar-refractivity contribution < 1.29 is 28.9 Å². The summed E-state index contributed by atoms with van der Waals surface area (Å²) < 4.78 is 24.2. The van der Waals surface area contributed by atoms with Gasteiger partial charge in [0.05, 0.1) is 29.4 Å². The second-order valence-corrected chi connectivity index (χ2v) is 5.44. The van der Waals surface area contributed by atoms with Crippen molar-refractivity contribution >= 4 is 17.6 Å². The first-order valence-corrected chi connectivity index (χ1v) is 7.29. The summed E-state index contributed by atoms with van der Waals surface area (Å²) in [5.41, 5.74) is -0.0762. The number of aliphatic hydroxyl groups is 1. The standard InChI is InChI=1S/C16H20ClFO5/c1-9(23-3)12(7-10(8-22-2)16(20)21)15(19)11-5-4-6-13(17)14(11)18/h4-7,9,12,15,19H,8H2,1-3H3,(H,20,21)/b10-7+. The Kier molecular flexibility index (Phi) is 7.64. The molecule has 1 rings (SSSR count). The van der Waals surface area contributed by atoms with Gasteiger partial charge in [0.1, 0.15) is 5.82 Å². The number of hydrogen-bond acceptors (Lipinski definition) is 4. The van der Waals surface area contributed by atoms with Crippen molar-refractivity contribution in [3.63, 3.8) is 0 Å². The fourth-order valence-electron chi connectivity index (χ4n) is 2.17. The number of carboxylic acid groups (broad SMARTS) is 1. The molecule has 5 nitrogen and oxygen atoms in total. The van der Waals surface area contributed by atoms with Crippen molar-refractivity contribution in [3.8, 4) is 0 Å². The van der Waals surface area contributed by atoms with Gasteiger partial charge in [0.15, 0.2) is 0 Å². The highest BCUT2D eigenvalue weighted by Gasteiger charge is 2.29. The molecule has 128 valence electrons. The Bertz CT molecular complexity index is 576. The number of ether oxygens (including phenoxy) is 2. The van der Waals surface area contributed by atoms with Gasteiger partial charge in [0, 0.05) is 25.7 Å². The first-order chi connectivity index (χ1) is 10.8. The fourth-order valence-corrected chi connectivity index (χ4v) is 2.35. The van der Waals surface area contributed by atoms with Crippen LogP contribution < -0.4 is 0 Å². The number of benzene rings is 1. The van der Waals surface area contributed by atoms with E-state index in [1.165, 1.54) is 38.5 Å². The maximum Gasteiger partial charge on any atom is 0.333 e. The fraction of sp³-hybridized carbons (Fsp3) is 0.438. The van der Waals surface area contributed by atoms with Crippen LogP contribution >= 0.6 is 11.6 Å². The highest BCUT2D eigenvalue weighted by molar-refractivity contribution is 6.30. The molecule has 0 radical (unpaired) electrons. The van der Waals surface area contributed by atoms with Crippen LogP contribution in [-0.4, -0.2) is 43.1 Å². The van der Waals surface area contributed by atoms with Crippen LogP contribution in [-0.2, 0) is 14.3 Å². The van der Waals surface area contributed by atoms with E-state index in [2.05, 4.69) is 0 Å². The third kappa shape index (κ3) is 5.00. The number of carboxylic acids is 1. The predicted molar refractivity (Wildman–Crippen MR) is 83.9 cm³/mol. The average molecular weight is 347 g/mol. The normalized spacial score (nSPS) is 16.0. The number of methoxy groups -OCH3 is 2. The largest absolute Gasteiger partial charge is 0.478 e. The summed E-state index contributed by atoms with van der Waals surface area (Å²) >= 11 is 5.74. The van der Waals surface area contributed by atoms with Gasteiger partial charge in [0.2, 0.25) is 0 Å². The van der Waals surface area contributed by atoms with Crippen LogP contribution in [0.25, 0.3) is 0 Å². The quantitative estimate of drug-likeness (QED) is 0.708. The first kappa shape index (κ1) is 19.6. The minimum absolute atomic E-state index is 0.0233. The molecule has 23 heavy (non-hydrogen) atoms. The molecule has 0 saturated carbocycles. The minimum Gasteiger partial charge on any atom is -0.478 e. The maximum atomic E-state index is 14.1. The first-order valence-electron chi connectivity index (χ1n) is 6.91. The predicted octanol–water partition coefficient (Wildman–Crippen LogP) is 2.82. The smallest absolute Gasteiger partial charge is 0.333 e. The number of carbonyl (C=O) groups is 1. The van der Waals surface area contributed by atoms with E-state index in [9.17, 15) is 19.4 Å². The lowest BCUT2D eigenvalue weighted by Crippen LogP contribution is -2.26. The van der Waals surface area contributed by atoms with Gasteiger partial charge in [0.25, 0.3) is 0 Å². The molecule has 7 heteroatoms. The molecule has 0 aromatic heterocycles. The summed E-state index contributed by atoms with van der Waals surface area (Å²) in [4.78, 5) is 11.3. The van der Waals surface area contributed by atoms with Crippen LogP contribution in [0.1, 0.15) is 18.6 Å². The Balaban J connectivity index is 3.27. The summed E-state index contributed by atoms with van der Waals surface area (Å²) in [5, 5.41) is 19.6. The van der Waals surface area contributed by atoms with Crippen LogP contribution in [0, 0.1) is 11.7 Å². The lowest BCUT2D eigenvalue weighted by molar-refractivity contribution is -0.133. The third-order valence-electron chi connectivity index (χ3n) is 3.55. The summed E-state index contributed by atoms with van der Waals surface area (Å²) in [6, 6.07) is 4.27. The van der Waals surface area contributed by atoms with Crippen LogP contribution in [0.5, 0.6) is 0 Å². The second-order valence-electron chi connectivity index (χ2n) is 5.04. The zero-order chi connectivity index (χ0) is 17.6. The molecule has 3 unspecified atom stereocenters. The molecule has 0 aliphatic heterocycles. The lowest BCUT2D eigenvalue weighted by Gasteiger charge is -2.26. The molecule has 0 aliphatic carbocycles. The summed E-state index contributed by atoms with van der Waals surface area (Å²) in [7, 11) is 2.78. The monoisotopic (exact) mass is 346 g/mol. The molecular weight excluding hydrogens is 327 g/mol. The van der Waals surface area contributed by atoms with E-state index >= 15 is 0 Å². The minimum atomic E-state index is -1.32. The zero-order valence-electron chi connectivity index (χ0n) is 13.1. The molecule has 1 aromatic carbocycles. The summed E-state index contributed by atoms with van der Waals surface area (Å²) in [5.74, 6) is -2.72. The van der Waals surface area contributed by atoms with E-state index in [0.717, 1.165) is 0 Å². The van der Waals surface area contributed by atoms with Gasteiger partial charge >= 0.3 is 5.97 Å². The van der Waals surface area contributed by atoms with Gasteiger partial charge in [-0.15, -0.1) is 0 Å². The summed E-state index contributed by atoms with van der Waals surface area (Å²) in [6.07, 6.45) is -0.560. The SMILES string of the molecule is COC/C(=C\C(C(C)OC)C(O)c1cccc(Cl)c1F)C(=O)O. The van der Waals surface area contributed by atoms with E-state index in [-0.39, 0.29) is 22.8 Å². The highest BCUT2D eigenvalue weighted by Crippen LogP contribution is 2.32. The molecule has 0 heterocycles. The molecule has 0 saturated heterocycles. The van der Waals surface area contributed by atoms with Gasteiger partial charge < -0.3 is 19.7 Å². The van der Waals surface area contributed by atoms with Gasteiger partial charge in [-0.25, -0.2) is 9.18 Å². The molecule has 0 fully saturated rings. The lowest BCUT2D eigenvalue weighted by atomic mass is 9.89. The van der Waals surface area contributed by atoms with Crippen molar-refractivity contribution in [1.29, 1.82) is 0 Å². The van der Waals surface area contributed by atoms with E-state index < -0.39 is 29.9 Å². The Morgan fingerprint density at radius 3 is 2.61 bits per heavy atom. The van der Waals surface area contributed by atoms with Crippen LogP contribution in [0.3, 0.4) is 0 Å². The van der Waals surface area contributed by atoms with E-state index in [1.54, 1.807) is 6.92 Å². The summed E-state index contributed by atoms with van der Waals surface area (Å²) in [6.45, 7) is 1.51. The van der Waals surface area contributed by atoms with Crippen LogP contribution in [0.2, 0.25) is 5.02 Å². The number of halogens is 2. The molecule has 2 N–H and O–H groups in total. The topological polar surface area (TPSA) is 76.0 Å². The van der Waals surface area contributed by atoms with Gasteiger partial charge in [-0.05, 0) is 13.0 Å². The van der Waals surface area contributed by atoms with Crippen molar-refractivity contribution in [2.45, 2.75) is 19.1 Å². The van der Waals surface area contributed by atoms with E-state index in [1.807, 2.05) is 0 Å². The molecule has 0 amide bonds. The third-order valence-corrected chi connectivity index (χ3v) is 3.84. The molecule has 3 atom stereocenters. The Labute approximate surface area is 139 Å². The number of aliphatic hydroxyl groups excluding tert-OH is 1. The number of rotatable bonds is 8. The Morgan fingerprint density at radius 1 is 1.43 bits per heavy atom. The van der Waals surface area contributed by atoms with Crippen molar-refractivity contribution in [3.05, 3.63) is 46.3 Å². The Morgan fingerprint density at radius 2 is 2.09 bits per heavy atom. The van der Waals surface area contributed by atoms with Gasteiger partial charge in [-0.2, -0.15) is 0 Å². The molecule has 0 spiro atoms. The Hall–Kier alpha value is -1.47. The van der Waals surface area contributed by atoms with Crippen molar-refractivity contribution in [1.82, 2.24) is 0 Å². The van der Waals surface area contributed by atoms with Gasteiger partial charge in [-0.3, -0.25) is 0 Å². The highest BCUT2D eigenvalue weighted by atomic mass is 35.5. The van der Waals surface area contributed by atoms with E-state index in [0.29, 0.717) is 0 Å². The van der Waals surface area contributed by atoms with Crippen LogP contribution in [0.4, 0.5) is 4.39 Å².